The molecule has 11 rings (SSSR count). The molecule has 0 aliphatic heterocycles. The molecule has 0 fully saturated rings. The van der Waals surface area contributed by atoms with Crippen molar-refractivity contribution in [1.82, 2.24) is 9.97 Å². The maximum atomic E-state index is 6.23. The van der Waals surface area contributed by atoms with E-state index in [-0.39, 0.29) is 5.41 Å². The monoisotopic (exact) mass is 728 g/mol. The quantitative estimate of drug-likeness (QED) is 0.171. The Morgan fingerprint density at radius 3 is 1.68 bits per heavy atom. The van der Waals surface area contributed by atoms with Crippen LogP contribution in [0.15, 0.2) is 205 Å². The summed E-state index contributed by atoms with van der Waals surface area (Å²) < 4.78 is 6.23. The van der Waals surface area contributed by atoms with Gasteiger partial charge in [0.25, 0.3) is 0 Å². The summed E-state index contributed by atoms with van der Waals surface area (Å²) in [6, 6.07) is 71.1. The first-order valence-corrected chi connectivity index (χ1v) is 19.5. The van der Waals surface area contributed by atoms with Crippen molar-refractivity contribution in [1.29, 1.82) is 0 Å². The maximum absolute atomic E-state index is 6.23. The lowest BCUT2D eigenvalue weighted by atomic mass is 9.74. The van der Waals surface area contributed by atoms with Crippen LogP contribution in [0.3, 0.4) is 0 Å². The third kappa shape index (κ3) is 5.50. The fourth-order valence-corrected chi connectivity index (χ4v) is 8.83. The third-order valence-corrected chi connectivity index (χ3v) is 11.8. The van der Waals surface area contributed by atoms with Crippen LogP contribution in [-0.2, 0) is 5.41 Å². The van der Waals surface area contributed by atoms with Crippen molar-refractivity contribution in [2.45, 2.75) is 12.3 Å². The zero-order chi connectivity index (χ0) is 37.9. The van der Waals surface area contributed by atoms with E-state index in [2.05, 4.69) is 177 Å². The molecule has 0 bridgehead atoms. The molecule has 1 atom stereocenters. The normalized spacial score (nSPS) is 14.5. The van der Waals surface area contributed by atoms with Crippen molar-refractivity contribution in [3.05, 3.63) is 217 Å². The van der Waals surface area contributed by atoms with E-state index in [9.17, 15) is 0 Å². The highest BCUT2D eigenvalue weighted by atomic mass is 16.3. The minimum absolute atomic E-state index is 0.304. The predicted octanol–water partition coefficient (Wildman–Crippen LogP) is 14.0. The lowest BCUT2D eigenvalue weighted by Gasteiger charge is -2.28. The molecule has 0 N–H and O–H groups in total. The number of furan rings is 1. The van der Waals surface area contributed by atoms with Gasteiger partial charge in [-0.25, -0.2) is 9.97 Å². The van der Waals surface area contributed by atoms with E-state index in [1.54, 1.807) is 0 Å². The molecule has 57 heavy (non-hydrogen) atoms. The van der Waals surface area contributed by atoms with Crippen molar-refractivity contribution in [3.8, 4) is 67.3 Å². The van der Waals surface area contributed by atoms with Crippen LogP contribution in [0.1, 0.15) is 23.6 Å². The summed E-state index contributed by atoms with van der Waals surface area (Å²) in [5, 5.41) is 2.27. The van der Waals surface area contributed by atoms with Gasteiger partial charge in [0, 0.05) is 32.9 Å². The predicted molar refractivity (Wildman–Crippen MR) is 234 cm³/mol. The summed E-state index contributed by atoms with van der Waals surface area (Å²) >= 11 is 0. The summed E-state index contributed by atoms with van der Waals surface area (Å²) in [4.78, 5) is 10.4. The van der Waals surface area contributed by atoms with E-state index in [1.807, 2.05) is 30.3 Å². The van der Waals surface area contributed by atoms with Gasteiger partial charge in [-0.2, -0.15) is 0 Å². The zero-order valence-corrected chi connectivity index (χ0v) is 31.4. The Morgan fingerprint density at radius 2 is 0.912 bits per heavy atom. The van der Waals surface area contributed by atoms with Gasteiger partial charge in [-0.1, -0.05) is 158 Å². The highest BCUT2D eigenvalue weighted by Crippen LogP contribution is 2.53. The van der Waals surface area contributed by atoms with E-state index in [0.717, 1.165) is 72.3 Å². The number of nitrogens with zero attached hydrogens (tertiary/aromatic N) is 2. The number of fused-ring (bicyclic) bond motifs is 6. The number of benzene rings is 8. The summed E-state index contributed by atoms with van der Waals surface area (Å²) in [6.45, 7) is 2.36. The standard InChI is InChI=1S/C54H36N2O/c1-54(42-20-6-3-7-21-42)47-24-10-8-22-43(47)44-28-27-41(32-48(44)54)50-34-49(55-53(56-50)35-14-4-2-5-15-35)40-19-13-18-38(31-40)36-16-12-17-37(30-36)39-26-29-46-45-23-9-11-25-51(45)57-52(46)33-39/h2-34H,1H3. The molecule has 0 spiro atoms. The molecular formula is C54H36N2O. The van der Waals surface area contributed by atoms with Crippen molar-refractivity contribution in [3.63, 3.8) is 0 Å². The first-order valence-electron chi connectivity index (χ1n) is 19.5. The van der Waals surface area contributed by atoms with E-state index >= 15 is 0 Å². The highest BCUT2D eigenvalue weighted by molar-refractivity contribution is 6.06. The largest absolute Gasteiger partial charge is 0.456 e. The lowest BCUT2D eigenvalue weighted by Crippen LogP contribution is -2.22. The molecule has 268 valence electrons. The average Bonchev–Trinajstić information content (AvgIpc) is 3.79. The number of para-hydroxylation sites is 1. The minimum atomic E-state index is -0.304. The SMILES string of the molecule is CC1(c2ccccc2)c2ccccc2-c2ccc(-c3cc(-c4cccc(-c5cccc(-c6ccc7c(c6)oc6ccccc67)c5)c4)nc(-c4ccccc4)n3)cc21. The molecule has 2 heterocycles. The first kappa shape index (κ1) is 33.0. The third-order valence-electron chi connectivity index (χ3n) is 11.8. The van der Waals surface area contributed by atoms with E-state index in [0.29, 0.717) is 5.82 Å². The van der Waals surface area contributed by atoms with Crippen LogP contribution in [0.2, 0.25) is 0 Å². The van der Waals surface area contributed by atoms with Gasteiger partial charge in [-0.05, 0) is 99.5 Å². The van der Waals surface area contributed by atoms with Crippen molar-refractivity contribution in [2.75, 3.05) is 0 Å². The fraction of sp³-hybridized carbons (Fsp3) is 0.0370. The van der Waals surface area contributed by atoms with Gasteiger partial charge in [0.2, 0.25) is 0 Å². The Morgan fingerprint density at radius 1 is 0.368 bits per heavy atom. The van der Waals surface area contributed by atoms with E-state index in [1.165, 1.54) is 27.8 Å². The summed E-state index contributed by atoms with van der Waals surface area (Å²) in [6.07, 6.45) is 0. The Labute approximate surface area is 331 Å². The Kier molecular flexibility index (Phi) is 7.61. The molecule has 1 aliphatic rings. The minimum Gasteiger partial charge on any atom is -0.456 e. The topological polar surface area (TPSA) is 38.9 Å². The molecule has 0 saturated carbocycles. The number of rotatable bonds is 6. The summed E-state index contributed by atoms with van der Waals surface area (Å²) in [5.74, 6) is 0.700. The van der Waals surface area contributed by atoms with Gasteiger partial charge < -0.3 is 4.42 Å². The van der Waals surface area contributed by atoms with Crippen LogP contribution in [0.25, 0.3) is 89.2 Å². The molecule has 1 aliphatic carbocycles. The number of hydrogen-bond acceptors (Lipinski definition) is 3. The van der Waals surface area contributed by atoms with Gasteiger partial charge in [-0.15, -0.1) is 0 Å². The summed E-state index contributed by atoms with van der Waals surface area (Å²) in [5.41, 5.74) is 17.3. The van der Waals surface area contributed by atoms with Crippen LogP contribution < -0.4 is 0 Å². The van der Waals surface area contributed by atoms with Gasteiger partial charge in [0.15, 0.2) is 5.82 Å². The maximum Gasteiger partial charge on any atom is 0.160 e. The van der Waals surface area contributed by atoms with Gasteiger partial charge >= 0.3 is 0 Å². The van der Waals surface area contributed by atoms with Crippen LogP contribution in [0.5, 0.6) is 0 Å². The van der Waals surface area contributed by atoms with Crippen LogP contribution >= 0.6 is 0 Å². The van der Waals surface area contributed by atoms with Gasteiger partial charge in [0.05, 0.1) is 11.4 Å². The van der Waals surface area contributed by atoms with E-state index in [4.69, 9.17) is 14.4 Å². The van der Waals surface area contributed by atoms with Gasteiger partial charge in [-0.3, -0.25) is 0 Å². The Bertz CT molecular complexity index is 3140. The molecule has 0 radical (unpaired) electrons. The smallest absolute Gasteiger partial charge is 0.160 e. The molecule has 3 nitrogen and oxygen atoms in total. The molecule has 10 aromatic rings. The molecule has 0 amide bonds. The average molecular weight is 729 g/mol. The van der Waals surface area contributed by atoms with Crippen LogP contribution in [0.4, 0.5) is 0 Å². The highest BCUT2D eigenvalue weighted by Gasteiger charge is 2.40. The molecule has 2 aromatic heterocycles. The number of aromatic nitrogens is 2. The molecule has 8 aromatic carbocycles. The fourth-order valence-electron chi connectivity index (χ4n) is 8.83. The number of hydrogen-bond donors (Lipinski definition) is 0. The molecule has 0 saturated heterocycles. The second-order valence-electron chi connectivity index (χ2n) is 15.1. The van der Waals surface area contributed by atoms with Gasteiger partial charge in [0.1, 0.15) is 11.2 Å². The zero-order valence-electron chi connectivity index (χ0n) is 31.4. The second-order valence-corrected chi connectivity index (χ2v) is 15.1. The van der Waals surface area contributed by atoms with Crippen molar-refractivity contribution < 1.29 is 4.42 Å². The van der Waals surface area contributed by atoms with E-state index < -0.39 is 0 Å². The Hall–Kier alpha value is -7.36. The molecule has 3 heteroatoms. The molecular weight excluding hydrogens is 693 g/mol. The Balaban J connectivity index is 1.01. The summed E-state index contributed by atoms with van der Waals surface area (Å²) in [7, 11) is 0. The van der Waals surface area contributed by atoms with Crippen molar-refractivity contribution >= 4 is 21.9 Å². The van der Waals surface area contributed by atoms with Crippen LogP contribution in [-0.4, -0.2) is 9.97 Å². The van der Waals surface area contributed by atoms with Crippen LogP contribution in [0, 0.1) is 0 Å². The molecule has 1 unspecified atom stereocenters. The van der Waals surface area contributed by atoms with Crippen molar-refractivity contribution in [2.24, 2.45) is 0 Å². The lowest BCUT2D eigenvalue weighted by molar-refractivity contribution is 0.669. The second kappa shape index (κ2) is 13.1. The first-order chi connectivity index (χ1) is 28.1.